The lowest BCUT2D eigenvalue weighted by Gasteiger charge is -2.11. The van der Waals surface area contributed by atoms with E-state index in [0.29, 0.717) is 17.6 Å². The number of rotatable bonds is 8. The summed E-state index contributed by atoms with van der Waals surface area (Å²) in [5, 5.41) is 0. The molecule has 0 amide bonds. The molecule has 21 heavy (non-hydrogen) atoms. The van der Waals surface area contributed by atoms with Crippen molar-refractivity contribution in [3.63, 3.8) is 0 Å². The first-order chi connectivity index (χ1) is 9.74. The molecule has 1 aromatic carbocycles. The van der Waals surface area contributed by atoms with Crippen LogP contribution in [0.2, 0.25) is 0 Å². The van der Waals surface area contributed by atoms with Crippen molar-refractivity contribution in [2.75, 3.05) is 13.2 Å². The predicted molar refractivity (Wildman–Crippen MR) is 92.1 cm³/mol. The smallest absolute Gasteiger partial charge is 0.241 e. The van der Waals surface area contributed by atoms with E-state index in [0.717, 1.165) is 22.9 Å². The van der Waals surface area contributed by atoms with Crippen LogP contribution >= 0.6 is 31.9 Å². The van der Waals surface area contributed by atoms with Crippen LogP contribution in [0.25, 0.3) is 0 Å². The number of unbranched alkanes of at least 4 members (excludes halogenated alkanes) is 1. The molecule has 0 unspecified atom stereocenters. The molecule has 0 aliphatic carbocycles. The van der Waals surface area contributed by atoms with Gasteiger partial charge in [-0.3, -0.25) is 0 Å². The zero-order chi connectivity index (χ0) is 16.0. The van der Waals surface area contributed by atoms with Crippen LogP contribution in [0.4, 0.5) is 0 Å². The molecule has 0 heterocycles. The van der Waals surface area contributed by atoms with Gasteiger partial charge in [-0.2, -0.15) is 0 Å². The van der Waals surface area contributed by atoms with E-state index in [1.807, 2.05) is 20.8 Å². The van der Waals surface area contributed by atoms with Crippen LogP contribution in [-0.2, 0) is 14.8 Å². The Labute approximate surface area is 144 Å². The second kappa shape index (κ2) is 8.62. The van der Waals surface area contributed by atoms with Gasteiger partial charge in [-0.15, -0.1) is 0 Å². The second-order valence-corrected chi connectivity index (χ2v) is 8.50. The number of benzene rings is 1. The summed E-state index contributed by atoms with van der Waals surface area (Å²) >= 11 is 6.67. The Morgan fingerprint density at radius 1 is 1.19 bits per heavy atom. The van der Waals surface area contributed by atoms with Crippen molar-refractivity contribution in [1.82, 2.24) is 4.72 Å². The fraction of sp³-hybridized carbons (Fsp3) is 0.571. The molecular weight excluding hydrogens is 422 g/mol. The monoisotopic (exact) mass is 441 g/mol. The molecule has 0 saturated carbocycles. The fourth-order valence-corrected chi connectivity index (χ4v) is 4.41. The fourth-order valence-electron chi connectivity index (χ4n) is 1.66. The van der Waals surface area contributed by atoms with Crippen LogP contribution in [-0.4, -0.2) is 27.7 Å². The minimum Gasteiger partial charge on any atom is -0.379 e. The molecule has 0 fully saturated rings. The first-order valence-electron chi connectivity index (χ1n) is 6.81. The highest BCUT2D eigenvalue weighted by molar-refractivity contribution is 9.11. The summed E-state index contributed by atoms with van der Waals surface area (Å²) in [7, 11) is -3.50. The Morgan fingerprint density at radius 2 is 1.86 bits per heavy atom. The van der Waals surface area contributed by atoms with Gasteiger partial charge in [0.25, 0.3) is 0 Å². The molecule has 0 radical (unpaired) electrons. The molecule has 1 rings (SSSR count). The highest BCUT2D eigenvalue weighted by Gasteiger charge is 2.18. The van der Waals surface area contributed by atoms with E-state index in [-0.39, 0.29) is 11.0 Å². The third kappa shape index (κ3) is 6.36. The molecule has 4 nitrogen and oxygen atoms in total. The van der Waals surface area contributed by atoms with Gasteiger partial charge in [-0.25, -0.2) is 13.1 Å². The predicted octanol–water partition coefficient (Wildman–Crippen LogP) is 4.00. The van der Waals surface area contributed by atoms with Crippen molar-refractivity contribution in [3.8, 4) is 0 Å². The van der Waals surface area contributed by atoms with Gasteiger partial charge >= 0.3 is 0 Å². The van der Waals surface area contributed by atoms with E-state index in [1.54, 1.807) is 12.1 Å². The number of halogens is 2. The van der Waals surface area contributed by atoms with Crippen LogP contribution in [0.5, 0.6) is 0 Å². The van der Waals surface area contributed by atoms with Crippen molar-refractivity contribution in [2.45, 2.75) is 44.6 Å². The van der Waals surface area contributed by atoms with Crippen molar-refractivity contribution in [1.29, 1.82) is 0 Å². The summed E-state index contributed by atoms with van der Waals surface area (Å²) < 4.78 is 33.9. The SMILES string of the molecule is Cc1cc(Br)c(S(=O)(=O)NCCCCOC(C)C)cc1Br. The Balaban J connectivity index is 2.56. The molecule has 1 N–H and O–H groups in total. The molecule has 0 bridgehead atoms. The van der Waals surface area contributed by atoms with Gasteiger partial charge in [0, 0.05) is 22.1 Å². The summed E-state index contributed by atoms with van der Waals surface area (Å²) in [6, 6.07) is 3.40. The van der Waals surface area contributed by atoms with Gasteiger partial charge in [0.2, 0.25) is 10.0 Å². The minimum atomic E-state index is -3.50. The Morgan fingerprint density at radius 3 is 2.48 bits per heavy atom. The third-order valence-electron chi connectivity index (χ3n) is 2.82. The number of hydrogen-bond acceptors (Lipinski definition) is 3. The quantitative estimate of drug-likeness (QED) is 0.619. The zero-order valence-electron chi connectivity index (χ0n) is 12.4. The summed E-state index contributed by atoms with van der Waals surface area (Å²) in [5.41, 5.74) is 0.978. The maximum Gasteiger partial charge on any atom is 0.241 e. The van der Waals surface area contributed by atoms with Gasteiger partial charge in [-0.05, 0) is 67.2 Å². The maximum absolute atomic E-state index is 12.3. The number of ether oxygens (including phenoxy) is 1. The standard InChI is InChI=1S/C14H21Br2NO3S/c1-10(2)20-7-5-4-6-17-21(18,19)14-9-12(15)11(3)8-13(14)16/h8-10,17H,4-7H2,1-3H3. The first-order valence-corrected chi connectivity index (χ1v) is 9.88. The van der Waals surface area contributed by atoms with Crippen LogP contribution in [0.1, 0.15) is 32.3 Å². The molecule has 0 saturated heterocycles. The second-order valence-electron chi connectivity index (χ2n) is 5.06. The first kappa shape index (κ1) is 19.1. The molecule has 0 atom stereocenters. The van der Waals surface area contributed by atoms with Crippen molar-refractivity contribution in [3.05, 3.63) is 26.6 Å². The van der Waals surface area contributed by atoms with Gasteiger partial charge in [-0.1, -0.05) is 15.9 Å². The van der Waals surface area contributed by atoms with Crippen LogP contribution in [0.3, 0.4) is 0 Å². The van der Waals surface area contributed by atoms with E-state index in [4.69, 9.17) is 4.74 Å². The van der Waals surface area contributed by atoms with Crippen LogP contribution in [0.15, 0.2) is 26.0 Å². The molecule has 0 spiro atoms. The number of aryl methyl sites for hydroxylation is 1. The van der Waals surface area contributed by atoms with Gasteiger partial charge in [0.1, 0.15) is 0 Å². The van der Waals surface area contributed by atoms with Crippen molar-refractivity contribution in [2.24, 2.45) is 0 Å². The molecule has 7 heteroatoms. The highest BCUT2D eigenvalue weighted by Crippen LogP contribution is 2.28. The Bertz CT molecular complexity index is 574. The lowest BCUT2D eigenvalue weighted by atomic mass is 10.2. The number of nitrogens with one attached hydrogen (secondary N) is 1. The highest BCUT2D eigenvalue weighted by atomic mass is 79.9. The normalized spacial score (nSPS) is 12.1. The Kier molecular flexibility index (Phi) is 7.84. The van der Waals surface area contributed by atoms with E-state index in [9.17, 15) is 8.42 Å². The molecular formula is C14H21Br2NO3S. The zero-order valence-corrected chi connectivity index (χ0v) is 16.4. The van der Waals surface area contributed by atoms with Crippen LogP contribution < -0.4 is 4.72 Å². The maximum atomic E-state index is 12.3. The molecule has 1 aromatic rings. The number of hydrogen-bond donors (Lipinski definition) is 1. The summed E-state index contributed by atoms with van der Waals surface area (Å²) in [5.74, 6) is 0. The van der Waals surface area contributed by atoms with Gasteiger partial charge in [0.15, 0.2) is 0 Å². The van der Waals surface area contributed by atoms with E-state index >= 15 is 0 Å². The molecule has 0 aliphatic heterocycles. The Hall–Kier alpha value is 0.0500. The molecule has 0 aliphatic rings. The van der Waals surface area contributed by atoms with Crippen molar-refractivity contribution >= 4 is 41.9 Å². The summed E-state index contributed by atoms with van der Waals surface area (Å²) in [4.78, 5) is 0.249. The van der Waals surface area contributed by atoms with Crippen molar-refractivity contribution < 1.29 is 13.2 Å². The third-order valence-corrected chi connectivity index (χ3v) is 6.09. The van der Waals surface area contributed by atoms with Crippen LogP contribution in [0, 0.1) is 6.92 Å². The minimum absolute atomic E-state index is 0.211. The summed E-state index contributed by atoms with van der Waals surface area (Å²) in [6.07, 6.45) is 1.79. The lowest BCUT2D eigenvalue weighted by molar-refractivity contribution is 0.0762. The molecule has 0 aromatic heterocycles. The average Bonchev–Trinajstić information content (AvgIpc) is 2.37. The average molecular weight is 443 g/mol. The van der Waals surface area contributed by atoms with Gasteiger partial charge in [0.05, 0.1) is 11.0 Å². The van der Waals surface area contributed by atoms with E-state index in [2.05, 4.69) is 36.6 Å². The van der Waals surface area contributed by atoms with E-state index in [1.165, 1.54) is 0 Å². The van der Waals surface area contributed by atoms with Gasteiger partial charge < -0.3 is 4.74 Å². The summed E-state index contributed by atoms with van der Waals surface area (Å²) in [6.45, 7) is 6.93. The lowest BCUT2D eigenvalue weighted by Crippen LogP contribution is -2.25. The molecule has 120 valence electrons. The van der Waals surface area contributed by atoms with E-state index < -0.39 is 10.0 Å². The number of sulfonamides is 1. The topological polar surface area (TPSA) is 55.4 Å². The largest absolute Gasteiger partial charge is 0.379 e.